The van der Waals surface area contributed by atoms with Gasteiger partial charge >= 0.3 is 0 Å². The Labute approximate surface area is 83.5 Å². The summed E-state index contributed by atoms with van der Waals surface area (Å²) in [7, 11) is 0. The van der Waals surface area contributed by atoms with Crippen molar-refractivity contribution in [2.75, 3.05) is 5.75 Å². The molecule has 1 aromatic rings. The van der Waals surface area contributed by atoms with Gasteiger partial charge in [-0.05, 0) is 18.9 Å². The summed E-state index contributed by atoms with van der Waals surface area (Å²) >= 11 is 1.67. The Morgan fingerprint density at radius 1 is 1.54 bits per heavy atom. The molecular formula is C10H14N2S. The fourth-order valence-corrected chi connectivity index (χ4v) is 1.66. The second-order valence-corrected chi connectivity index (χ2v) is 4.08. The molecule has 1 atom stereocenters. The van der Waals surface area contributed by atoms with Crippen LogP contribution in [0.3, 0.4) is 0 Å². The van der Waals surface area contributed by atoms with Crippen LogP contribution in [-0.4, -0.2) is 15.7 Å². The first kappa shape index (κ1) is 10.3. The van der Waals surface area contributed by atoms with Crippen molar-refractivity contribution in [3.05, 3.63) is 30.6 Å². The van der Waals surface area contributed by atoms with Gasteiger partial charge in [-0.3, -0.25) is 0 Å². The first-order valence-electron chi connectivity index (χ1n) is 4.25. The number of aromatic nitrogens is 2. The van der Waals surface area contributed by atoms with E-state index in [9.17, 15) is 0 Å². The average Bonchev–Trinajstić information content (AvgIpc) is 2.15. The van der Waals surface area contributed by atoms with Crippen molar-refractivity contribution >= 4 is 11.8 Å². The lowest BCUT2D eigenvalue weighted by Gasteiger charge is -2.08. The van der Waals surface area contributed by atoms with E-state index in [2.05, 4.69) is 30.4 Å². The topological polar surface area (TPSA) is 25.8 Å². The Morgan fingerprint density at radius 2 is 2.15 bits per heavy atom. The lowest BCUT2D eigenvalue weighted by Crippen LogP contribution is -1.99. The maximum atomic E-state index is 4.13. The summed E-state index contributed by atoms with van der Waals surface area (Å²) in [4.78, 5) is 8.26. The van der Waals surface area contributed by atoms with Crippen LogP contribution in [0.5, 0.6) is 0 Å². The van der Waals surface area contributed by atoms with Crippen LogP contribution in [0.25, 0.3) is 0 Å². The summed E-state index contributed by atoms with van der Waals surface area (Å²) in [5, 5.41) is 0.843. The van der Waals surface area contributed by atoms with Crippen LogP contribution in [0.1, 0.15) is 13.8 Å². The van der Waals surface area contributed by atoms with Crippen LogP contribution in [-0.2, 0) is 0 Å². The fraction of sp³-hybridized carbons (Fsp3) is 0.400. The SMILES string of the molecule is C=C(C)C(C)CSc1ncccn1. The Kier molecular flexibility index (Phi) is 3.96. The largest absolute Gasteiger partial charge is 0.231 e. The van der Waals surface area contributed by atoms with E-state index in [-0.39, 0.29) is 0 Å². The average molecular weight is 194 g/mol. The van der Waals surface area contributed by atoms with E-state index < -0.39 is 0 Å². The zero-order chi connectivity index (χ0) is 9.68. The zero-order valence-corrected chi connectivity index (χ0v) is 8.84. The van der Waals surface area contributed by atoms with Crippen molar-refractivity contribution in [2.45, 2.75) is 19.0 Å². The van der Waals surface area contributed by atoms with Gasteiger partial charge in [-0.25, -0.2) is 9.97 Å². The molecule has 0 aliphatic rings. The molecule has 3 heteroatoms. The van der Waals surface area contributed by atoms with E-state index in [1.165, 1.54) is 5.57 Å². The minimum absolute atomic E-state index is 0.522. The van der Waals surface area contributed by atoms with Crippen LogP contribution >= 0.6 is 11.8 Å². The van der Waals surface area contributed by atoms with Gasteiger partial charge in [0.15, 0.2) is 5.16 Å². The highest BCUT2D eigenvalue weighted by Crippen LogP contribution is 2.19. The van der Waals surface area contributed by atoms with Crippen molar-refractivity contribution in [3.63, 3.8) is 0 Å². The Bertz CT molecular complexity index is 272. The molecule has 0 fully saturated rings. The molecule has 1 heterocycles. The lowest BCUT2D eigenvalue weighted by molar-refractivity contribution is 0.783. The lowest BCUT2D eigenvalue weighted by atomic mass is 10.1. The van der Waals surface area contributed by atoms with Crippen LogP contribution in [0.4, 0.5) is 0 Å². The molecule has 0 saturated carbocycles. The highest BCUT2D eigenvalue weighted by Gasteiger charge is 2.04. The number of hydrogen-bond acceptors (Lipinski definition) is 3. The molecule has 0 radical (unpaired) electrons. The molecule has 0 amide bonds. The number of rotatable bonds is 4. The van der Waals surface area contributed by atoms with Gasteiger partial charge in [0.1, 0.15) is 0 Å². The van der Waals surface area contributed by atoms with Crippen molar-refractivity contribution in [3.8, 4) is 0 Å². The van der Waals surface area contributed by atoms with Gasteiger partial charge in [0.05, 0.1) is 0 Å². The van der Waals surface area contributed by atoms with Gasteiger partial charge < -0.3 is 0 Å². The quantitative estimate of drug-likeness (QED) is 0.419. The van der Waals surface area contributed by atoms with Crippen molar-refractivity contribution < 1.29 is 0 Å². The summed E-state index contributed by atoms with van der Waals surface area (Å²) in [6.45, 7) is 8.13. The third-order valence-corrected chi connectivity index (χ3v) is 2.98. The number of thioether (sulfide) groups is 1. The first-order valence-corrected chi connectivity index (χ1v) is 5.24. The monoisotopic (exact) mass is 194 g/mol. The van der Waals surface area contributed by atoms with E-state index in [4.69, 9.17) is 0 Å². The van der Waals surface area contributed by atoms with Crippen molar-refractivity contribution in [1.29, 1.82) is 0 Å². The van der Waals surface area contributed by atoms with Gasteiger partial charge in [-0.1, -0.05) is 30.8 Å². The zero-order valence-electron chi connectivity index (χ0n) is 8.03. The minimum Gasteiger partial charge on any atom is -0.231 e. The minimum atomic E-state index is 0.522. The van der Waals surface area contributed by atoms with E-state index in [1.807, 2.05) is 6.07 Å². The van der Waals surface area contributed by atoms with Crippen LogP contribution in [0.2, 0.25) is 0 Å². The molecule has 0 saturated heterocycles. The Morgan fingerprint density at radius 3 is 2.69 bits per heavy atom. The first-order chi connectivity index (χ1) is 6.20. The summed E-state index contributed by atoms with van der Waals surface area (Å²) < 4.78 is 0. The van der Waals surface area contributed by atoms with Gasteiger partial charge in [0, 0.05) is 18.1 Å². The summed E-state index contributed by atoms with van der Waals surface area (Å²) in [5.74, 6) is 1.52. The maximum Gasteiger partial charge on any atom is 0.187 e. The molecule has 2 nitrogen and oxygen atoms in total. The standard InChI is InChI=1S/C10H14N2S/c1-8(2)9(3)7-13-10-11-5-4-6-12-10/h4-6,9H,1,7H2,2-3H3. The van der Waals surface area contributed by atoms with Gasteiger partial charge in [-0.2, -0.15) is 0 Å². The van der Waals surface area contributed by atoms with Gasteiger partial charge in [0.25, 0.3) is 0 Å². The second kappa shape index (κ2) is 5.02. The van der Waals surface area contributed by atoms with E-state index in [1.54, 1.807) is 24.2 Å². The third-order valence-electron chi connectivity index (χ3n) is 1.85. The molecule has 1 unspecified atom stereocenters. The molecule has 0 aromatic carbocycles. The van der Waals surface area contributed by atoms with Gasteiger partial charge in [-0.15, -0.1) is 0 Å². The van der Waals surface area contributed by atoms with Crippen molar-refractivity contribution in [1.82, 2.24) is 9.97 Å². The molecule has 0 aliphatic heterocycles. The molecule has 0 spiro atoms. The third kappa shape index (κ3) is 3.59. The van der Waals surface area contributed by atoms with Gasteiger partial charge in [0.2, 0.25) is 0 Å². The summed E-state index contributed by atoms with van der Waals surface area (Å²) in [6, 6.07) is 1.83. The predicted molar refractivity (Wildman–Crippen MR) is 56.7 cm³/mol. The van der Waals surface area contributed by atoms with Crippen LogP contribution < -0.4 is 0 Å². The molecule has 13 heavy (non-hydrogen) atoms. The maximum absolute atomic E-state index is 4.13. The van der Waals surface area contributed by atoms with E-state index >= 15 is 0 Å². The van der Waals surface area contributed by atoms with Crippen LogP contribution in [0.15, 0.2) is 35.8 Å². The second-order valence-electron chi connectivity index (χ2n) is 3.09. The fourth-order valence-electron chi connectivity index (χ4n) is 0.702. The smallest absolute Gasteiger partial charge is 0.187 e. The molecule has 0 N–H and O–H groups in total. The molecular weight excluding hydrogens is 180 g/mol. The molecule has 0 bridgehead atoms. The molecule has 70 valence electrons. The summed E-state index contributed by atoms with van der Waals surface area (Å²) in [5.41, 5.74) is 1.21. The highest BCUT2D eigenvalue weighted by molar-refractivity contribution is 7.99. The van der Waals surface area contributed by atoms with E-state index in [0.29, 0.717) is 5.92 Å². The number of allylic oxidation sites excluding steroid dienone is 1. The van der Waals surface area contributed by atoms with Crippen molar-refractivity contribution in [2.24, 2.45) is 5.92 Å². The molecule has 0 aliphatic carbocycles. The predicted octanol–water partition coefficient (Wildman–Crippen LogP) is 2.78. The number of hydrogen-bond donors (Lipinski definition) is 0. The Balaban J connectivity index is 2.39. The van der Waals surface area contributed by atoms with E-state index in [0.717, 1.165) is 10.9 Å². The number of nitrogens with zero attached hydrogens (tertiary/aromatic N) is 2. The summed E-state index contributed by atoms with van der Waals surface area (Å²) in [6.07, 6.45) is 3.53. The highest BCUT2D eigenvalue weighted by atomic mass is 32.2. The Hall–Kier alpha value is -0.830. The van der Waals surface area contributed by atoms with Crippen LogP contribution in [0, 0.1) is 5.92 Å². The molecule has 1 aromatic heterocycles. The normalized spacial score (nSPS) is 12.5. The molecule has 1 rings (SSSR count).